The van der Waals surface area contributed by atoms with Gasteiger partial charge in [0.2, 0.25) is 5.91 Å². The van der Waals surface area contributed by atoms with Gasteiger partial charge in [0.1, 0.15) is 5.75 Å². The van der Waals surface area contributed by atoms with Crippen LogP contribution in [0, 0.1) is 5.92 Å². The van der Waals surface area contributed by atoms with Crippen LogP contribution in [0.1, 0.15) is 25.8 Å². The van der Waals surface area contributed by atoms with Crippen molar-refractivity contribution < 1.29 is 9.53 Å². The average Bonchev–Trinajstić information content (AvgIpc) is 2.40. The molecule has 0 fully saturated rings. The first-order chi connectivity index (χ1) is 9.49. The Morgan fingerprint density at radius 3 is 2.45 bits per heavy atom. The molecule has 0 aliphatic heterocycles. The fourth-order valence-electron chi connectivity index (χ4n) is 1.69. The van der Waals surface area contributed by atoms with Gasteiger partial charge < -0.3 is 15.0 Å². The van der Waals surface area contributed by atoms with Gasteiger partial charge in [-0.25, -0.2) is 0 Å². The van der Waals surface area contributed by atoms with Gasteiger partial charge in [-0.05, 0) is 30.2 Å². The van der Waals surface area contributed by atoms with E-state index >= 15 is 0 Å². The van der Waals surface area contributed by atoms with E-state index in [9.17, 15) is 4.79 Å². The first-order valence-corrected chi connectivity index (χ1v) is 7.11. The van der Waals surface area contributed by atoms with Crippen LogP contribution >= 0.6 is 0 Å². The molecular weight excluding hydrogens is 252 g/mol. The average molecular weight is 278 g/mol. The molecule has 112 valence electrons. The first kappa shape index (κ1) is 16.5. The zero-order chi connectivity index (χ0) is 15.0. The normalized spacial score (nSPS) is 10.7. The van der Waals surface area contributed by atoms with Crippen molar-refractivity contribution in [3.8, 4) is 5.75 Å². The lowest BCUT2D eigenvalue weighted by Gasteiger charge is -2.11. The molecule has 0 saturated heterocycles. The van der Waals surface area contributed by atoms with Crippen molar-refractivity contribution >= 4 is 5.91 Å². The minimum atomic E-state index is 0.0829. The van der Waals surface area contributed by atoms with Gasteiger partial charge in [-0.3, -0.25) is 4.79 Å². The maximum atomic E-state index is 11.4. The Morgan fingerprint density at radius 2 is 1.90 bits per heavy atom. The van der Waals surface area contributed by atoms with E-state index < -0.39 is 0 Å². The van der Waals surface area contributed by atoms with Crippen LogP contribution in [-0.2, 0) is 11.3 Å². The quantitative estimate of drug-likeness (QED) is 0.793. The lowest BCUT2D eigenvalue weighted by molar-refractivity contribution is -0.129. The van der Waals surface area contributed by atoms with Crippen LogP contribution in [0.2, 0.25) is 0 Å². The Balaban J connectivity index is 2.30. The van der Waals surface area contributed by atoms with Crippen LogP contribution in [0.3, 0.4) is 0 Å². The van der Waals surface area contributed by atoms with Crippen molar-refractivity contribution in [1.29, 1.82) is 0 Å². The van der Waals surface area contributed by atoms with Crippen LogP contribution in [0.4, 0.5) is 0 Å². The minimum absolute atomic E-state index is 0.0829. The largest absolute Gasteiger partial charge is 0.493 e. The molecule has 1 rings (SSSR count). The molecule has 0 aliphatic carbocycles. The summed E-state index contributed by atoms with van der Waals surface area (Å²) in [7, 11) is 3.50. The lowest BCUT2D eigenvalue weighted by Crippen LogP contribution is -2.23. The topological polar surface area (TPSA) is 41.6 Å². The first-order valence-electron chi connectivity index (χ1n) is 7.11. The lowest BCUT2D eigenvalue weighted by atomic mass is 10.2. The molecule has 4 nitrogen and oxygen atoms in total. The van der Waals surface area contributed by atoms with Gasteiger partial charge in [0.05, 0.1) is 13.0 Å². The number of amides is 1. The summed E-state index contributed by atoms with van der Waals surface area (Å²) >= 11 is 0. The van der Waals surface area contributed by atoms with Gasteiger partial charge in [0.15, 0.2) is 0 Å². The van der Waals surface area contributed by atoms with Gasteiger partial charge in [0.25, 0.3) is 0 Å². The molecule has 0 saturated carbocycles. The van der Waals surface area contributed by atoms with Crippen LogP contribution in [0.25, 0.3) is 0 Å². The van der Waals surface area contributed by atoms with Crippen LogP contribution < -0.4 is 10.1 Å². The summed E-state index contributed by atoms with van der Waals surface area (Å²) in [5.41, 5.74) is 1.24. The molecule has 0 atom stereocenters. The van der Waals surface area contributed by atoms with Crippen LogP contribution in [0.15, 0.2) is 24.3 Å². The third-order valence-electron chi connectivity index (χ3n) is 2.89. The smallest absolute Gasteiger partial charge is 0.225 e. The molecule has 0 radical (unpaired) electrons. The van der Waals surface area contributed by atoms with Gasteiger partial charge in [-0.15, -0.1) is 0 Å². The highest BCUT2D eigenvalue weighted by Crippen LogP contribution is 2.12. The predicted octanol–water partition coefficient (Wildman–Crippen LogP) is 2.29. The minimum Gasteiger partial charge on any atom is -0.493 e. The second-order valence-corrected chi connectivity index (χ2v) is 5.56. The number of carbonyl (C=O) groups is 1. The van der Waals surface area contributed by atoms with Crippen LogP contribution in [-0.4, -0.2) is 38.1 Å². The van der Waals surface area contributed by atoms with E-state index in [0.717, 1.165) is 18.8 Å². The standard InChI is InChI=1S/C16H26N2O2/c1-13(2)11-17-12-14-5-7-15(8-6-14)20-10-9-16(19)18(3)4/h5-8,13,17H,9-12H2,1-4H3. The van der Waals surface area contributed by atoms with Gasteiger partial charge in [0, 0.05) is 20.6 Å². The number of ether oxygens (including phenoxy) is 1. The van der Waals surface area contributed by atoms with E-state index in [0.29, 0.717) is 18.9 Å². The Labute approximate surface area is 122 Å². The Hall–Kier alpha value is -1.55. The SMILES string of the molecule is CC(C)CNCc1ccc(OCCC(=O)N(C)C)cc1. The van der Waals surface area contributed by atoms with E-state index in [-0.39, 0.29) is 5.91 Å². The van der Waals surface area contributed by atoms with Crippen LogP contribution in [0.5, 0.6) is 5.75 Å². The molecule has 0 aromatic heterocycles. The highest BCUT2D eigenvalue weighted by molar-refractivity contribution is 5.75. The number of nitrogens with zero attached hydrogens (tertiary/aromatic N) is 1. The van der Waals surface area contributed by atoms with Gasteiger partial charge in [-0.1, -0.05) is 26.0 Å². The van der Waals surface area contributed by atoms with Crippen molar-refractivity contribution in [2.24, 2.45) is 5.92 Å². The van der Waals surface area contributed by atoms with Gasteiger partial charge >= 0.3 is 0 Å². The van der Waals surface area contributed by atoms with E-state index in [4.69, 9.17) is 4.74 Å². The summed E-state index contributed by atoms with van der Waals surface area (Å²) in [5, 5.41) is 3.40. The van der Waals surface area contributed by atoms with Crippen molar-refractivity contribution in [3.63, 3.8) is 0 Å². The molecule has 0 unspecified atom stereocenters. The summed E-state index contributed by atoms with van der Waals surface area (Å²) in [6.45, 7) is 6.70. The molecule has 0 bridgehead atoms. The molecule has 4 heteroatoms. The van der Waals surface area contributed by atoms with Crippen molar-refractivity contribution in [2.75, 3.05) is 27.2 Å². The van der Waals surface area contributed by atoms with Gasteiger partial charge in [-0.2, -0.15) is 0 Å². The fraction of sp³-hybridized carbons (Fsp3) is 0.562. The molecule has 0 aliphatic rings. The molecular formula is C16H26N2O2. The molecule has 20 heavy (non-hydrogen) atoms. The summed E-state index contributed by atoms with van der Waals surface area (Å²) in [5.74, 6) is 1.55. The molecule has 0 spiro atoms. The highest BCUT2D eigenvalue weighted by Gasteiger charge is 2.04. The van der Waals surface area contributed by atoms with E-state index in [1.165, 1.54) is 5.56 Å². The highest BCUT2D eigenvalue weighted by atomic mass is 16.5. The van der Waals surface area contributed by atoms with E-state index in [1.54, 1.807) is 19.0 Å². The third-order valence-corrected chi connectivity index (χ3v) is 2.89. The Kier molecular flexibility index (Phi) is 7.09. The maximum Gasteiger partial charge on any atom is 0.225 e. The summed E-state index contributed by atoms with van der Waals surface area (Å²) in [4.78, 5) is 13.0. The fourth-order valence-corrected chi connectivity index (χ4v) is 1.69. The number of carbonyl (C=O) groups excluding carboxylic acids is 1. The number of nitrogens with one attached hydrogen (secondary N) is 1. The monoisotopic (exact) mass is 278 g/mol. The summed E-state index contributed by atoms with van der Waals surface area (Å²) < 4.78 is 5.56. The zero-order valence-electron chi connectivity index (χ0n) is 13.0. The maximum absolute atomic E-state index is 11.4. The number of hydrogen-bond acceptors (Lipinski definition) is 3. The second kappa shape index (κ2) is 8.59. The third kappa shape index (κ3) is 6.57. The van der Waals surface area contributed by atoms with Crippen molar-refractivity contribution in [2.45, 2.75) is 26.8 Å². The Morgan fingerprint density at radius 1 is 1.25 bits per heavy atom. The Bertz CT molecular complexity index is 399. The molecule has 1 amide bonds. The zero-order valence-corrected chi connectivity index (χ0v) is 13.0. The van der Waals surface area contributed by atoms with E-state index in [2.05, 4.69) is 31.3 Å². The number of benzene rings is 1. The molecule has 0 heterocycles. The molecule has 1 N–H and O–H groups in total. The summed E-state index contributed by atoms with van der Waals surface area (Å²) in [6, 6.07) is 8.01. The predicted molar refractivity (Wildman–Crippen MR) is 81.8 cm³/mol. The van der Waals surface area contributed by atoms with Crippen molar-refractivity contribution in [3.05, 3.63) is 29.8 Å². The van der Waals surface area contributed by atoms with E-state index in [1.807, 2.05) is 12.1 Å². The summed E-state index contributed by atoms with van der Waals surface area (Å²) in [6.07, 6.45) is 0.407. The second-order valence-electron chi connectivity index (χ2n) is 5.56. The number of hydrogen-bond donors (Lipinski definition) is 1. The molecule has 1 aromatic carbocycles. The van der Waals surface area contributed by atoms with Crippen molar-refractivity contribution in [1.82, 2.24) is 10.2 Å². The number of rotatable bonds is 8. The molecule has 1 aromatic rings.